The molecule has 0 amide bonds. The lowest BCUT2D eigenvalue weighted by atomic mass is 9.94. The van der Waals surface area contributed by atoms with Gasteiger partial charge in [-0.3, -0.25) is 0 Å². The minimum Gasteiger partial charge on any atom is -0.381 e. The molecule has 15 heteroatoms. The van der Waals surface area contributed by atoms with Crippen LogP contribution < -0.4 is 0 Å². The van der Waals surface area contributed by atoms with Crippen LogP contribution in [0.25, 0.3) is 22.1 Å². The van der Waals surface area contributed by atoms with Crippen LogP contribution in [0.2, 0.25) is 0 Å². The van der Waals surface area contributed by atoms with E-state index >= 15 is 0 Å². The van der Waals surface area contributed by atoms with Gasteiger partial charge in [-0.15, -0.1) is 0 Å². The molecule has 3 aromatic heterocycles. The highest BCUT2D eigenvalue weighted by Crippen LogP contribution is 2.32. The summed E-state index contributed by atoms with van der Waals surface area (Å²) in [4.78, 5) is 9.88. The quantitative estimate of drug-likeness (QED) is 0.157. The van der Waals surface area contributed by atoms with Crippen LogP contribution in [0, 0.1) is 18.8 Å². The largest absolute Gasteiger partial charge is 0.381 e. The molecule has 2 fully saturated rings. The molecule has 0 saturated carbocycles. The number of nitrogens with zero attached hydrogens (tertiary/aromatic N) is 6. The molecule has 5 heterocycles. The molecule has 0 spiro atoms. The number of hydrogen-bond donors (Lipinski definition) is 0. The van der Waals surface area contributed by atoms with Gasteiger partial charge in [0.25, 0.3) is 19.1 Å². The fraction of sp³-hybridized carbons (Fsp3) is 0.553. The smallest absolute Gasteiger partial charge is 0.283 e. The van der Waals surface area contributed by atoms with E-state index in [9.17, 15) is 16.8 Å². The number of fused-ring (bicyclic) bond motifs is 2. The molecule has 0 atom stereocenters. The zero-order valence-corrected chi connectivity index (χ0v) is 34.1. The topological polar surface area (TPSA) is 140 Å². The molecule has 0 aliphatic carbocycles. The maximum atomic E-state index is 12.9. The van der Waals surface area contributed by atoms with E-state index in [1.54, 1.807) is 37.3 Å². The van der Waals surface area contributed by atoms with E-state index in [2.05, 4.69) is 55.8 Å². The van der Waals surface area contributed by atoms with Crippen molar-refractivity contribution in [3.05, 3.63) is 66.0 Å². The van der Waals surface area contributed by atoms with Gasteiger partial charge in [0.1, 0.15) is 11.6 Å². The average Bonchev–Trinajstić information content (AvgIpc) is 3.81. The van der Waals surface area contributed by atoms with Gasteiger partial charge in [-0.1, -0.05) is 41.5 Å². The number of rotatable bonds is 7. The maximum absolute atomic E-state index is 12.9. The minimum atomic E-state index is -3.75. The van der Waals surface area contributed by atoms with Crippen molar-refractivity contribution in [1.82, 2.24) is 28.3 Å². The van der Waals surface area contributed by atoms with Crippen molar-refractivity contribution in [2.75, 3.05) is 26.4 Å². The van der Waals surface area contributed by atoms with E-state index in [0.717, 1.165) is 92.0 Å². The monoisotopic (exact) mass is 786 g/mol. The van der Waals surface area contributed by atoms with Crippen LogP contribution in [0.3, 0.4) is 0 Å². The van der Waals surface area contributed by atoms with Crippen LogP contribution in [0.4, 0.5) is 0 Å². The van der Waals surface area contributed by atoms with Gasteiger partial charge in [0.2, 0.25) is 0 Å². The lowest BCUT2D eigenvalue weighted by Gasteiger charge is -2.26. The maximum Gasteiger partial charge on any atom is 0.283 e. The summed E-state index contributed by atoms with van der Waals surface area (Å²) in [7, 11) is -2.02. The Hall–Kier alpha value is -3.30. The van der Waals surface area contributed by atoms with Gasteiger partial charge in [0.05, 0.1) is 37.6 Å². The summed E-state index contributed by atoms with van der Waals surface area (Å²) in [5.74, 6) is 3.03. The standard InChI is InChI=1S/C21H28N4O3S.C17H23ClN2O3S/c1-15-7-10-25(23-15)29(26,27)17-5-6-19-18(13-17)22-20(21(2,3)4)24(19)14-16-8-11-28-12-9-16;1-17(2,3)16-19-14-10-13(24(18,21)22)4-5-15(14)20(16)11-12-6-8-23-9-7-12/h5-7,10,13,16H,8-9,11-12,14H2,1-4H3;4-5,10,12H,6-9,11H2,1-3H3. The summed E-state index contributed by atoms with van der Waals surface area (Å²) in [6.07, 6.45) is 5.62. The van der Waals surface area contributed by atoms with Gasteiger partial charge in [0.15, 0.2) is 0 Å². The third-order valence-corrected chi connectivity index (χ3v) is 12.8. The number of benzene rings is 2. The van der Waals surface area contributed by atoms with Crippen LogP contribution in [0.1, 0.15) is 84.6 Å². The van der Waals surface area contributed by atoms with E-state index in [4.69, 9.17) is 30.1 Å². The van der Waals surface area contributed by atoms with Crippen molar-refractivity contribution in [2.24, 2.45) is 11.8 Å². The number of aryl methyl sites for hydroxylation is 1. The van der Waals surface area contributed by atoms with E-state index < -0.39 is 19.1 Å². The van der Waals surface area contributed by atoms with Crippen LogP contribution >= 0.6 is 10.7 Å². The minimum absolute atomic E-state index is 0.0906. The van der Waals surface area contributed by atoms with Crippen molar-refractivity contribution in [3.63, 3.8) is 0 Å². The molecule has 5 aromatic rings. The molecule has 0 unspecified atom stereocenters. The average molecular weight is 787 g/mol. The second-order valence-electron chi connectivity index (χ2n) is 16.3. The Bertz CT molecular complexity index is 2300. The summed E-state index contributed by atoms with van der Waals surface area (Å²) in [5.41, 5.74) is 3.67. The van der Waals surface area contributed by atoms with Crippen LogP contribution in [0.5, 0.6) is 0 Å². The van der Waals surface area contributed by atoms with E-state index in [1.807, 2.05) is 12.1 Å². The second kappa shape index (κ2) is 15.1. The number of halogens is 1. The van der Waals surface area contributed by atoms with Gasteiger partial charge in [-0.05, 0) is 86.9 Å². The van der Waals surface area contributed by atoms with Gasteiger partial charge < -0.3 is 18.6 Å². The molecule has 53 heavy (non-hydrogen) atoms. The molecule has 0 radical (unpaired) electrons. The first-order valence-electron chi connectivity index (χ1n) is 18.2. The first-order chi connectivity index (χ1) is 24.8. The first-order valence-corrected chi connectivity index (χ1v) is 22.0. The molecule has 0 N–H and O–H groups in total. The van der Waals surface area contributed by atoms with Crippen LogP contribution in [0.15, 0.2) is 58.5 Å². The van der Waals surface area contributed by atoms with E-state index in [-0.39, 0.29) is 20.6 Å². The van der Waals surface area contributed by atoms with Gasteiger partial charge in [0, 0.05) is 67.2 Å². The molecule has 0 bridgehead atoms. The lowest BCUT2D eigenvalue weighted by molar-refractivity contribution is 0.0610. The molecule has 2 aliphatic rings. The van der Waals surface area contributed by atoms with Crippen LogP contribution in [-0.4, -0.2) is 71.6 Å². The summed E-state index contributed by atoms with van der Waals surface area (Å²) in [6, 6.07) is 11.8. The Morgan fingerprint density at radius 3 is 1.53 bits per heavy atom. The number of aromatic nitrogens is 6. The Balaban J connectivity index is 0.000000185. The van der Waals surface area contributed by atoms with Gasteiger partial charge >= 0.3 is 0 Å². The number of hydrogen-bond acceptors (Lipinski definition) is 9. The Kier molecular flexibility index (Phi) is 11.2. The molecular formula is C38H51ClN6O6S2. The van der Waals surface area contributed by atoms with Crippen molar-refractivity contribution in [3.8, 4) is 0 Å². The highest BCUT2D eigenvalue weighted by atomic mass is 35.7. The highest BCUT2D eigenvalue weighted by molar-refractivity contribution is 8.13. The highest BCUT2D eigenvalue weighted by Gasteiger charge is 2.28. The van der Waals surface area contributed by atoms with E-state index in [0.29, 0.717) is 28.6 Å². The molecule has 2 aromatic carbocycles. The molecular weight excluding hydrogens is 736 g/mol. The van der Waals surface area contributed by atoms with E-state index in [1.165, 1.54) is 6.20 Å². The van der Waals surface area contributed by atoms with Gasteiger partial charge in [-0.2, -0.15) is 17.6 Å². The van der Waals surface area contributed by atoms with Crippen molar-refractivity contribution in [2.45, 2.75) is 108 Å². The lowest BCUT2D eigenvalue weighted by Crippen LogP contribution is -2.25. The fourth-order valence-electron chi connectivity index (χ4n) is 7.06. The molecule has 7 rings (SSSR count). The van der Waals surface area contributed by atoms with Crippen molar-refractivity contribution in [1.29, 1.82) is 0 Å². The number of imidazole rings is 2. The molecule has 2 saturated heterocycles. The van der Waals surface area contributed by atoms with Gasteiger partial charge in [-0.25, -0.2) is 18.4 Å². The summed E-state index contributed by atoms with van der Waals surface area (Å²) < 4.78 is 65.6. The normalized spacial score (nSPS) is 17.0. The van der Waals surface area contributed by atoms with Crippen LogP contribution in [-0.2, 0) is 52.5 Å². The SMILES string of the molecule is CC(C)(C)c1nc2cc(S(=O)(=O)Cl)ccc2n1CC1CCOCC1.Cc1ccn(S(=O)(=O)c2ccc3c(c2)nc(C(C)(C)C)n3CC2CCOCC2)n1. The molecule has 12 nitrogen and oxygen atoms in total. The predicted octanol–water partition coefficient (Wildman–Crippen LogP) is 7.19. The third-order valence-electron chi connectivity index (χ3n) is 9.87. The summed E-state index contributed by atoms with van der Waals surface area (Å²) in [6.45, 7) is 19.5. The zero-order chi connectivity index (χ0) is 38.3. The number of ether oxygens (including phenoxy) is 2. The zero-order valence-electron chi connectivity index (χ0n) is 31.7. The predicted molar refractivity (Wildman–Crippen MR) is 207 cm³/mol. The molecule has 2 aliphatic heterocycles. The third kappa shape index (κ3) is 8.83. The first kappa shape index (κ1) is 39.4. The Morgan fingerprint density at radius 1 is 0.698 bits per heavy atom. The van der Waals surface area contributed by atoms with Crippen molar-refractivity contribution < 1.29 is 26.3 Å². The Morgan fingerprint density at radius 2 is 1.13 bits per heavy atom. The summed E-state index contributed by atoms with van der Waals surface area (Å²) in [5, 5.41) is 4.07. The Labute approximate surface area is 317 Å². The second-order valence-corrected chi connectivity index (χ2v) is 20.6. The molecule has 288 valence electrons. The summed E-state index contributed by atoms with van der Waals surface area (Å²) >= 11 is 0. The fourth-order valence-corrected chi connectivity index (χ4v) is 9.00. The van der Waals surface area contributed by atoms with Crippen molar-refractivity contribution >= 4 is 51.8 Å².